The molecule has 0 fully saturated rings. The molecule has 0 aliphatic heterocycles. The van der Waals surface area contributed by atoms with E-state index in [-0.39, 0.29) is 26.1 Å². The molecule has 0 amide bonds. The second-order valence-corrected chi connectivity index (χ2v) is 16.2. The minimum atomic E-state index is -2.46. The second-order valence-electron chi connectivity index (χ2n) is 11.7. The topological polar surface area (TPSA) is 97.4 Å². The Bertz CT molecular complexity index is 862. The van der Waals surface area contributed by atoms with Gasteiger partial charge in [0.25, 0.3) is 0 Å². The van der Waals surface area contributed by atoms with E-state index >= 15 is 0 Å². The molecule has 0 radical (unpaired) electrons. The van der Waals surface area contributed by atoms with E-state index in [1.165, 1.54) is 0 Å². The zero-order chi connectivity index (χ0) is 27.8. The number of aldehydes is 1. The molecule has 1 rings (SSSR count). The second kappa shape index (κ2) is 12.8. The van der Waals surface area contributed by atoms with Gasteiger partial charge in [-0.05, 0) is 78.9 Å². The molecule has 0 bridgehead atoms. The van der Waals surface area contributed by atoms with E-state index in [0.717, 1.165) is 11.3 Å². The fraction of sp³-hybridized carbons (Fsp3) is 0.667. The number of benzene rings is 1. The summed E-state index contributed by atoms with van der Waals surface area (Å²) in [5.74, 6) is -1.85. The lowest BCUT2D eigenvalue weighted by Gasteiger charge is -2.42. The van der Waals surface area contributed by atoms with Crippen LogP contribution in [0.3, 0.4) is 0 Å². The molecule has 1 aromatic rings. The van der Waals surface area contributed by atoms with Crippen LogP contribution in [-0.4, -0.2) is 57.1 Å². The molecular formula is C27H44O8Si. The molecule has 9 heteroatoms. The minimum absolute atomic E-state index is 0.0140. The van der Waals surface area contributed by atoms with Crippen molar-refractivity contribution >= 4 is 26.5 Å². The number of hydrogen-bond donors (Lipinski definition) is 0. The first-order chi connectivity index (χ1) is 16.4. The highest BCUT2D eigenvalue weighted by Gasteiger charge is 2.55. The Morgan fingerprint density at radius 3 is 1.94 bits per heavy atom. The van der Waals surface area contributed by atoms with Gasteiger partial charge in [-0.1, -0.05) is 12.1 Å². The fourth-order valence-corrected chi connectivity index (χ4v) is 5.00. The molecule has 0 saturated heterocycles. The third kappa shape index (κ3) is 10.8. The summed E-state index contributed by atoms with van der Waals surface area (Å²) in [7, 11) is -0.858. The van der Waals surface area contributed by atoms with Crippen LogP contribution in [0.15, 0.2) is 24.3 Å². The third-order valence-electron chi connectivity index (χ3n) is 4.86. The molecule has 0 N–H and O–H groups in total. The van der Waals surface area contributed by atoms with E-state index in [0.29, 0.717) is 6.29 Å². The van der Waals surface area contributed by atoms with E-state index in [1.807, 2.05) is 43.9 Å². The Morgan fingerprint density at radius 2 is 1.50 bits per heavy atom. The summed E-state index contributed by atoms with van der Waals surface area (Å²) in [6.07, 6.45) is 0.372. The van der Waals surface area contributed by atoms with Gasteiger partial charge in [0, 0.05) is 12.8 Å². The van der Waals surface area contributed by atoms with Crippen molar-refractivity contribution in [2.75, 3.05) is 13.7 Å². The summed E-state index contributed by atoms with van der Waals surface area (Å²) in [5.41, 5.74) is -2.49. The number of rotatable bonds is 13. The van der Waals surface area contributed by atoms with E-state index < -0.39 is 43.0 Å². The molecule has 0 heterocycles. The van der Waals surface area contributed by atoms with Crippen LogP contribution in [0.1, 0.15) is 59.9 Å². The number of hydrogen-bond acceptors (Lipinski definition) is 8. The first-order valence-corrected chi connectivity index (χ1v) is 15.6. The largest absolute Gasteiger partial charge is 0.497 e. The Balaban J connectivity index is 3.38. The first-order valence-electron chi connectivity index (χ1n) is 12.2. The lowest BCUT2D eigenvalue weighted by atomic mass is 9.82. The zero-order valence-electron chi connectivity index (χ0n) is 23.6. The third-order valence-corrected chi connectivity index (χ3v) is 5.84. The van der Waals surface area contributed by atoms with Crippen molar-refractivity contribution in [3.63, 3.8) is 0 Å². The minimum Gasteiger partial charge on any atom is -0.497 e. The van der Waals surface area contributed by atoms with Crippen LogP contribution in [0.4, 0.5) is 0 Å². The predicted octanol–water partition coefficient (Wildman–Crippen LogP) is 5.08. The Morgan fingerprint density at radius 1 is 0.944 bits per heavy atom. The molecule has 0 aliphatic rings. The summed E-state index contributed by atoms with van der Waals surface area (Å²) < 4.78 is 28.9. The molecule has 204 valence electrons. The molecule has 0 aliphatic carbocycles. The van der Waals surface area contributed by atoms with Crippen molar-refractivity contribution in [3.05, 3.63) is 29.8 Å². The number of carbonyl (C=O) groups excluding carboxylic acids is 3. The summed E-state index contributed by atoms with van der Waals surface area (Å²) in [5, 5.41) is 0. The quantitative estimate of drug-likeness (QED) is 0.152. The maximum atomic E-state index is 13.8. The normalized spacial score (nSPS) is 14.9. The predicted molar refractivity (Wildman–Crippen MR) is 140 cm³/mol. The van der Waals surface area contributed by atoms with Gasteiger partial charge in [0.05, 0.1) is 20.3 Å². The van der Waals surface area contributed by atoms with E-state index in [4.69, 9.17) is 23.4 Å². The molecule has 8 nitrogen and oxygen atoms in total. The van der Waals surface area contributed by atoms with Crippen LogP contribution in [-0.2, 0) is 39.6 Å². The SMILES string of the molecule is COc1ccc(COCC[C@](O[Si](C)(C)C)(C(=O)OC(C)(C)C)[C@H](CC=O)C(=O)OC(C)(C)C)cc1. The fourth-order valence-electron chi connectivity index (χ4n) is 3.57. The van der Waals surface area contributed by atoms with Gasteiger partial charge in [-0.2, -0.15) is 0 Å². The lowest BCUT2D eigenvalue weighted by Crippen LogP contribution is -2.59. The van der Waals surface area contributed by atoms with Gasteiger partial charge < -0.3 is 28.2 Å². The van der Waals surface area contributed by atoms with Crippen molar-refractivity contribution in [3.8, 4) is 5.75 Å². The molecule has 36 heavy (non-hydrogen) atoms. The summed E-state index contributed by atoms with van der Waals surface area (Å²) in [4.78, 5) is 38.8. The van der Waals surface area contributed by atoms with E-state index in [2.05, 4.69) is 0 Å². The standard InChI is InChI=1S/C27H44O8Si/c1-25(2,3)33-23(29)22(15-17-28)27(35-36(8,9)10,24(30)34-26(4,5)6)16-18-32-19-20-11-13-21(31-7)14-12-20/h11-14,17,22H,15-16,18-19H2,1-10H3/t22-,27-/m1/s1. The average Bonchev–Trinajstić information content (AvgIpc) is 2.71. The highest BCUT2D eigenvalue weighted by atomic mass is 28.4. The van der Waals surface area contributed by atoms with Crippen LogP contribution >= 0.6 is 0 Å². The lowest BCUT2D eigenvalue weighted by molar-refractivity contribution is -0.193. The molecule has 0 aromatic heterocycles. The Hall–Kier alpha value is -2.23. The highest BCUT2D eigenvalue weighted by molar-refractivity contribution is 6.70. The first kappa shape index (κ1) is 31.8. The molecule has 0 saturated carbocycles. The summed E-state index contributed by atoms with van der Waals surface area (Å²) >= 11 is 0. The Kier molecular flexibility index (Phi) is 11.3. The van der Waals surface area contributed by atoms with Crippen molar-refractivity contribution in [2.45, 2.75) is 97.4 Å². The van der Waals surface area contributed by atoms with Gasteiger partial charge in [-0.15, -0.1) is 0 Å². The van der Waals surface area contributed by atoms with Gasteiger partial charge in [-0.3, -0.25) is 4.79 Å². The highest BCUT2D eigenvalue weighted by Crippen LogP contribution is 2.37. The smallest absolute Gasteiger partial charge is 0.338 e. The van der Waals surface area contributed by atoms with Crippen molar-refractivity contribution in [1.29, 1.82) is 0 Å². The molecule has 2 atom stereocenters. The van der Waals surface area contributed by atoms with Crippen LogP contribution in [0, 0.1) is 5.92 Å². The van der Waals surface area contributed by atoms with Crippen molar-refractivity contribution < 1.29 is 37.8 Å². The van der Waals surface area contributed by atoms with Crippen molar-refractivity contribution in [1.82, 2.24) is 0 Å². The van der Waals surface area contributed by atoms with Crippen LogP contribution in [0.2, 0.25) is 19.6 Å². The maximum absolute atomic E-state index is 13.8. The monoisotopic (exact) mass is 524 g/mol. The van der Waals surface area contributed by atoms with Gasteiger partial charge in [0.15, 0.2) is 13.9 Å². The van der Waals surface area contributed by atoms with Crippen LogP contribution in [0.25, 0.3) is 0 Å². The van der Waals surface area contributed by atoms with Gasteiger partial charge in [-0.25, -0.2) is 4.79 Å². The molecule has 1 aromatic carbocycles. The molecular weight excluding hydrogens is 480 g/mol. The van der Waals surface area contributed by atoms with Gasteiger partial charge in [0.1, 0.15) is 29.2 Å². The molecule has 0 unspecified atom stereocenters. The number of ether oxygens (including phenoxy) is 4. The van der Waals surface area contributed by atoms with Crippen LogP contribution in [0.5, 0.6) is 5.75 Å². The van der Waals surface area contributed by atoms with Gasteiger partial charge in [0.2, 0.25) is 0 Å². The number of methoxy groups -OCH3 is 1. The zero-order valence-corrected chi connectivity index (χ0v) is 24.6. The number of carbonyl (C=O) groups is 3. The summed E-state index contributed by atoms with van der Waals surface area (Å²) in [6, 6.07) is 7.43. The van der Waals surface area contributed by atoms with Crippen LogP contribution < -0.4 is 4.74 Å². The average molecular weight is 525 g/mol. The molecule has 0 spiro atoms. The summed E-state index contributed by atoms with van der Waals surface area (Å²) in [6.45, 7) is 16.5. The maximum Gasteiger partial charge on any atom is 0.338 e. The van der Waals surface area contributed by atoms with Gasteiger partial charge >= 0.3 is 11.9 Å². The van der Waals surface area contributed by atoms with E-state index in [9.17, 15) is 14.4 Å². The number of esters is 2. The van der Waals surface area contributed by atoms with Crippen molar-refractivity contribution in [2.24, 2.45) is 5.92 Å². The Labute approximate surface area is 217 Å². The van der Waals surface area contributed by atoms with E-state index in [1.54, 1.807) is 48.7 Å².